The van der Waals surface area contributed by atoms with E-state index < -0.39 is 21.8 Å². The first-order chi connectivity index (χ1) is 14.2. The molecular weight excluding hydrogens is 415 g/mol. The second kappa shape index (κ2) is 8.13. The largest absolute Gasteiger partial charge is 0.489 e. The number of fused-ring (bicyclic) bond motifs is 1. The molecule has 1 aliphatic heterocycles. The molecule has 0 spiro atoms. The molecule has 162 valence electrons. The summed E-state index contributed by atoms with van der Waals surface area (Å²) in [7, 11) is -4.15. The molecule has 1 heterocycles. The molecule has 0 amide bonds. The van der Waals surface area contributed by atoms with Crippen LogP contribution in [0.2, 0.25) is 0 Å². The summed E-state index contributed by atoms with van der Waals surface area (Å²) in [6.07, 6.45) is 2.28. The number of nitrogens with zero attached hydrogens (tertiary/aromatic N) is 1. The highest BCUT2D eigenvalue weighted by molar-refractivity contribution is 7.92. The van der Waals surface area contributed by atoms with E-state index in [1.54, 1.807) is 6.07 Å². The molecule has 30 heavy (non-hydrogen) atoms. The fourth-order valence-electron chi connectivity index (χ4n) is 4.30. The number of hydrogen-bond donors (Lipinski definition) is 0. The molecule has 1 aliphatic carbocycles. The first-order valence-electron chi connectivity index (χ1n) is 10.2. The SMILES string of the molecule is O=S(=O)(c1cccc(C(F)(F)F)c1)N1CCOc2ccc(CC3CCCCC3)cc21. The van der Waals surface area contributed by atoms with Gasteiger partial charge in [0, 0.05) is 0 Å². The number of rotatable bonds is 4. The third-order valence-corrected chi connectivity index (χ3v) is 7.65. The lowest BCUT2D eigenvalue weighted by molar-refractivity contribution is -0.137. The Morgan fingerprint density at radius 3 is 2.53 bits per heavy atom. The molecule has 2 aromatic rings. The number of hydrogen-bond acceptors (Lipinski definition) is 3. The summed E-state index contributed by atoms with van der Waals surface area (Å²) in [5, 5.41) is 0. The number of sulfonamides is 1. The van der Waals surface area contributed by atoms with Crippen molar-refractivity contribution >= 4 is 15.7 Å². The van der Waals surface area contributed by atoms with E-state index in [9.17, 15) is 21.6 Å². The van der Waals surface area contributed by atoms with Crippen LogP contribution in [0.3, 0.4) is 0 Å². The van der Waals surface area contributed by atoms with Crippen molar-refractivity contribution in [2.45, 2.75) is 49.6 Å². The van der Waals surface area contributed by atoms with Gasteiger partial charge in [0.15, 0.2) is 0 Å². The molecule has 0 N–H and O–H groups in total. The van der Waals surface area contributed by atoms with Crippen LogP contribution in [0.5, 0.6) is 5.75 Å². The fraction of sp³-hybridized carbons (Fsp3) is 0.455. The van der Waals surface area contributed by atoms with Gasteiger partial charge < -0.3 is 4.74 Å². The predicted octanol–water partition coefficient (Wildman–Crippen LogP) is 5.42. The second-order valence-electron chi connectivity index (χ2n) is 7.96. The van der Waals surface area contributed by atoms with Crippen LogP contribution in [-0.4, -0.2) is 21.6 Å². The number of halogens is 3. The zero-order valence-electron chi connectivity index (χ0n) is 16.5. The van der Waals surface area contributed by atoms with E-state index in [1.165, 1.54) is 42.5 Å². The third kappa shape index (κ3) is 4.29. The normalized spacial score (nSPS) is 18.0. The van der Waals surface area contributed by atoms with Gasteiger partial charge in [-0.2, -0.15) is 13.2 Å². The molecule has 1 fully saturated rings. The van der Waals surface area contributed by atoms with Crippen molar-refractivity contribution in [2.24, 2.45) is 5.92 Å². The van der Waals surface area contributed by atoms with E-state index in [1.807, 2.05) is 12.1 Å². The quantitative estimate of drug-likeness (QED) is 0.640. The summed E-state index contributed by atoms with van der Waals surface area (Å²) in [6.45, 7) is 0.200. The Labute approximate surface area is 174 Å². The Bertz CT molecular complexity index is 1010. The maximum absolute atomic E-state index is 13.2. The third-order valence-electron chi connectivity index (χ3n) is 5.84. The van der Waals surface area contributed by atoms with Crippen molar-refractivity contribution in [2.75, 3.05) is 17.5 Å². The molecule has 4 rings (SSSR count). The number of benzene rings is 2. The summed E-state index contributed by atoms with van der Waals surface area (Å²) in [6, 6.07) is 9.41. The average molecular weight is 439 g/mol. The van der Waals surface area contributed by atoms with Crippen molar-refractivity contribution in [3.63, 3.8) is 0 Å². The van der Waals surface area contributed by atoms with E-state index >= 15 is 0 Å². The van der Waals surface area contributed by atoms with Gasteiger partial charge in [-0.1, -0.05) is 44.2 Å². The van der Waals surface area contributed by atoms with Crippen LogP contribution >= 0.6 is 0 Å². The van der Waals surface area contributed by atoms with Gasteiger partial charge in [0.2, 0.25) is 0 Å². The van der Waals surface area contributed by atoms with Gasteiger partial charge in [-0.15, -0.1) is 0 Å². The Kier molecular flexibility index (Phi) is 5.70. The molecule has 2 aromatic carbocycles. The van der Waals surface area contributed by atoms with Crippen molar-refractivity contribution < 1.29 is 26.3 Å². The zero-order chi connectivity index (χ0) is 21.4. The molecule has 4 nitrogen and oxygen atoms in total. The molecule has 2 aliphatic rings. The topological polar surface area (TPSA) is 46.6 Å². The number of anilines is 1. The van der Waals surface area contributed by atoms with Crippen molar-refractivity contribution in [3.8, 4) is 5.75 Å². The van der Waals surface area contributed by atoms with Gasteiger partial charge >= 0.3 is 6.18 Å². The highest BCUT2D eigenvalue weighted by Gasteiger charge is 2.35. The Morgan fingerprint density at radius 2 is 1.80 bits per heavy atom. The van der Waals surface area contributed by atoms with Crippen molar-refractivity contribution in [3.05, 3.63) is 53.6 Å². The fourth-order valence-corrected chi connectivity index (χ4v) is 5.80. The first-order valence-corrected chi connectivity index (χ1v) is 11.6. The standard InChI is InChI=1S/C22H24F3NO3S/c23-22(24,25)18-7-4-8-19(15-18)30(27,28)26-11-12-29-21-10-9-17(14-20(21)26)13-16-5-2-1-3-6-16/h4,7-10,14-16H,1-3,5-6,11-13H2. The minimum atomic E-state index is -4.61. The molecule has 0 atom stereocenters. The predicted molar refractivity (Wildman–Crippen MR) is 108 cm³/mol. The van der Waals surface area contributed by atoms with Crippen LogP contribution < -0.4 is 9.04 Å². The van der Waals surface area contributed by atoms with Gasteiger partial charge in [0.25, 0.3) is 10.0 Å². The van der Waals surface area contributed by atoms with Crippen LogP contribution in [0, 0.1) is 5.92 Å². The summed E-state index contributed by atoms with van der Waals surface area (Å²) in [5.41, 5.74) is 0.436. The molecule has 1 saturated carbocycles. The summed E-state index contributed by atoms with van der Waals surface area (Å²) in [4.78, 5) is -0.372. The van der Waals surface area contributed by atoms with Crippen LogP contribution in [-0.2, 0) is 22.6 Å². The number of alkyl halides is 3. The average Bonchev–Trinajstić information content (AvgIpc) is 2.73. The Balaban J connectivity index is 1.67. The van der Waals surface area contributed by atoms with E-state index in [-0.39, 0.29) is 18.0 Å². The van der Waals surface area contributed by atoms with Crippen LogP contribution in [0.1, 0.15) is 43.2 Å². The van der Waals surface area contributed by atoms with E-state index in [0.717, 1.165) is 24.1 Å². The van der Waals surface area contributed by atoms with Gasteiger partial charge in [0.1, 0.15) is 12.4 Å². The lowest BCUT2D eigenvalue weighted by Crippen LogP contribution is -2.38. The summed E-state index contributed by atoms with van der Waals surface area (Å²) < 4.78 is 72.5. The minimum absolute atomic E-state index is 0.0540. The van der Waals surface area contributed by atoms with E-state index in [4.69, 9.17) is 4.74 Å². The Hall–Kier alpha value is -2.22. The lowest BCUT2D eigenvalue weighted by Gasteiger charge is -2.31. The van der Waals surface area contributed by atoms with Gasteiger partial charge in [-0.3, -0.25) is 4.31 Å². The minimum Gasteiger partial charge on any atom is -0.489 e. The highest BCUT2D eigenvalue weighted by Crippen LogP contribution is 2.38. The molecule has 8 heteroatoms. The van der Waals surface area contributed by atoms with Gasteiger partial charge in [-0.25, -0.2) is 8.42 Å². The van der Waals surface area contributed by atoms with Crippen molar-refractivity contribution in [1.29, 1.82) is 0 Å². The molecule has 0 unspecified atom stereocenters. The first kappa shape index (κ1) is 21.0. The monoisotopic (exact) mass is 439 g/mol. The maximum Gasteiger partial charge on any atom is 0.416 e. The van der Waals surface area contributed by atoms with E-state index in [2.05, 4.69) is 0 Å². The Morgan fingerprint density at radius 1 is 1.03 bits per heavy atom. The molecule has 0 saturated heterocycles. The van der Waals surface area contributed by atoms with Gasteiger partial charge in [-0.05, 0) is 48.2 Å². The summed E-state index contributed by atoms with van der Waals surface area (Å²) >= 11 is 0. The zero-order valence-corrected chi connectivity index (χ0v) is 17.3. The molecular formula is C22H24F3NO3S. The number of ether oxygens (including phenoxy) is 1. The molecule has 0 radical (unpaired) electrons. The van der Waals surface area contributed by atoms with Crippen LogP contribution in [0.4, 0.5) is 18.9 Å². The highest BCUT2D eigenvalue weighted by atomic mass is 32.2. The smallest absolute Gasteiger partial charge is 0.416 e. The maximum atomic E-state index is 13.2. The lowest BCUT2D eigenvalue weighted by atomic mass is 9.85. The molecule has 0 aromatic heterocycles. The summed E-state index contributed by atoms with van der Waals surface area (Å²) in [5.74, 6) is 1.01. The van der Waals surface area contributed by atoms with Crippen LogP contribution in [0.15, 0.2) is 47.4 Å². The van der Waals surface area contributed by atoms with E-state index in [0.29, 0.717) is 23.4 Å². The van der Waals surface area contributed by atoms with Crippen LogP contribution in [0.25, 0.3) is 0 Å². The second-order valence-corrected chi connectivity index (χ2v) is 9.82. The molecule has 0 bridgehead atoms. The van der Waals surface area contributed by atoms with Gasteiger partial charge in [0.05, 0.1) is 22.7 Å². The van der Waals surface area contributed by atoms with Crippen molar-refractivity contribution in [1.82, 2.24) is 0 Å².